The lowest BCUT2D eigenvalue weighted by atomic mass is 9.71. The van der Waals surface area contributed by atoms with Gasteiger partial charge in [0.25, 0.3) is 0 Å². The fourth-order valence-electron chi connectivity index (χ4n) is 10.0. The smallest absolute Gasteiger partial charge is 0.308 e. The molecule has 0 aromatic carbocycles. The molecule has 20 heteroatoms. The van der Waals surface area contributed by atoms with Crippen LogP contribution >= 0.6 is 0 Å². The highest BCUT2D eigenvalue weighted by atomic mass is 19.1. The van der Waals surface area contributed by atoms with E-state index in [1.807, 2.05) is 0 Å². The third-order valence-electron chi connectivity index (χ3n) is 12.8. The third kappa shape index (κ3) is 7.42. The van der Waals surface area contributed by atoms with E-state index in [0.29, 0.717) is 33.5 Å². The number of nitrogens with one attached hydrogen (secondary N) is 4. The van der Waals surface area contributed by atoms with Crippen LogP contribution in [0.4, 0.5) is 29.2 Å². The fourth-order valence-corrected chi connectivity index (χ4v) is 10.0. The second-order valence-electron chi connectivity index (χ2n) is 16.2. The Morgan fingerprint density at radius 2 is 0.967 bits per heavy atom. The summed E-state index contributed by atoms with van der Waals surface area (Å²) in [6.45, 7) is 0. The lowest BCUT2D eigenvalue weighted by molar-refractivity contribution is -0.146. The summed E-state index contributed by atoms with van der Waals surface area (Å²) in [6, 6.07) is 1.70. The van der Waals surface area contributed by atoms with Gasteiger partial charge in [0.15, 0.2) is 46.2 Å². The molecule has 16 nitrogen and oxygen atoms in total. The van der Waals surface area contributed by atoms with E-state index in [-0.39, 0.29) is 47.0 Å². The summed E-state index contributed by atoms with van der Waals surface area (Å²) in [7, 11) is 0. The molecule has 6 N–H and O–H groups in total. The first-order valence-corrected chi connectivity index (χ1v) is 20.1. The van der Waals surface area contributed by atoms with Crippen molar-refractivity contribution < 1.29 is 37.4 Å². The van der Waals surface area contributed by atoms with Gasteiger partial charge in [-0.05, 0) is 87.2 Å². The summed E-state index contributed by atoms with van der Waals surface area (Å²) < 4.78 is 56.4. The largest absolute Gasteiger partial charge is 0.481 e. The molecule has 0 spiro atoms. The molecule has 0 radical (unpaired) electrons. The van der Waals surface area contributed by atoms with Crippen LogP contribution in [0.2, 0.25) is 0 Å². The van der Waals surface area contributed by atoms with E-state index in [0.717, 1.165) is 89.0 Å². The average Bonchev–Trinajstić information content (AvgIpc) is 3.48. The Kier molecular flexibility index (Phi) is 10.5. The van der Waals surface area contributed by atoms with E-state index in [9.17, 15) is 37.4 Å². The fraction of sp³-hybridized carbons (Fsp3) is 0.450. The lowest BCUT2D eigenvalue weighted by Crippen LogP contribution is -2.46. The normalized spacial score (nSPS) is 25.9. The molecule has 6 aliphatic rings. The molecular weight excluding hydrogens is 789 g/mol. The van der Waals surface area contributed by atoms with Crippen molar-refractivity contribution in [1.82, 2.24) is 50.3 Å². The average molecular weight is 829 g/mol. The molecule has 8 atom stereocenters. The number of aromatic nitrogens is 10. The standard InChI is InChI=1S/2C20H20F2N6O2/c2*21-11-6-12-16(27-28-17(12)23-7-11)19-24-8-13(22)18(26-19)25-15-10-3-1-2-9(4-5-10)14(15)20(29)30/h2*6-10,14-15H,1-5H2,(H,29,30)(H,23,27,28)(H,24,25,26)/t2*9?,10?,14-,15-/m10/s1. The summed E-state index contributed by atoms with van der Waals surface area (Å²) in [5, 5.41) is 40.0. The van der Waals surface area contributed by atoms with Crippen molar-refractivity contribution in [2.45, 2.75) is 76.3 Å². The first-order chi connectivity index (χ1) is 29.0. The van der Waals surface area contributed by atoms with Crippen LogP contribution in [0.1, 0.15) is 64.2 Å². The van der Waals surface area contributed by atoms with Gasteiger partial charge >= 0.3 is 11.9 Å². The molecule has 6 heterocycles. The topological polar surface area (TPSA) is 233 Å². The van der Waals surface area contributed by atoms with Crippen molar-refractivity contribution in [3.05, 3.63) is 60.2 Å². The molecule has 4 unspecified atom stereocenters. The Labute approximate surface area is 338 Å². The van der Waals surface area contributed by atoms with Gasteiger partial charge in [0.05, 0.1) is 47.4 Å². The maximum atomic E-state index is 14.6. The van der Waals surface area contributed by atoms with Gasteiger partial charge in [-0.2, -0.15) is 10.2 Å². The number of carboxylic acid groups (broad SMARTS) is 2. The highest BCUT2D eigenvalue weighted by Gasteiger charge is 2.47. The van der Waals surface area contributed by atoms with Crippen LogP contribution in [0.5, 0.6) is 0 Å². The number of hydrogen-bond acceptors (Lipinski definition) is 12. The predicted octanol–water partition coefficient (Wildman–Crippen LogP) is 6.77. The van der Waals surface area contributed by atoms with Crippen LogP contribution in [-0.4, -0.2) is 84.5 Å². The zero-order chi connectivity index (χ0) is 41.7. The van der Waals surface area contributed by atoms with Crippen LogP contribution in [0.25, 0.3) is 45.1 Å². The molecule has 6 aliphatic carbocycles. The van der Waals surface area contributed by atoms with E-state index in [4.69, 9.17) is 0 Å². The van der Waals surface area contributed by atoms with E-state index >= 15 is 0 Å². The molecule has 4 bridgehead atoms. The van der Waals surface area contributed by atoms with Crippen molar-refractivity contribution in [2.75, 3.05) is 10.6 Å². The van der Waals surface area contributed by atoms with Crippen molar-refractivity contribution >= 4 is 45.6 Å². The summed E-state index contributed by atoms with van der Waals surface area (Å²) in [5.74, 6) is -4.73. The molecule has 6 fully saturated rings. The summed E-state index contributed by atoms with van der Waals surface area (Å²) in [4.78, 5) is 48.4. The first-order valence-electron chi connectivity index (χ1n) is 20.1. The van der Waals surface area contributed by atoms with Gasteiger partial charge in [-0.25, -0.2) is 47.5 Å². The summed E-state index contributed by atoms with van der Waals surface area (Å²) in [6.07, 6.45) is 13.3. The minimum absolute atomic E-state index is 0.0593. The number of pyridine rings is 2. The van der Waals surface area contributed by atoms with Crippen molar-refractivity contribution in [2.24, 2.45) is 35.5 Å². The van der Waals surface area contributed by atoms with Crippen molar-refractivity contribution in [3.63, 3.8) is 0 Å². The van der Waals surface area contributed by atoms with Gasteiger partial charge < -0.3 is 20.8 Å². The molecule has 0 saturated heterocycles. The van der Waals surface area contributed by atoms with Crippen LogP contribution in [0, 0.1) is 58.8 Å². The van der Waals surface area contributed by atoms with Gasteiger partial charge in [-0.1, -0.05) is 12.8 Å². The number of carboxylic acids is 2. The van der Waals surface area contributed by atoms with Crippen molar-refractivity contribution in [3.8, 4) is 23.0 Å². The number of aliphatic carboxylic acids is 2. The number of hydrogen-bond donors (Lipinski definition) is 6. The number of halogens is 4. The Hall–Kier alpha value is -6.34. The van der Waals surface area contributed by atoms with Crippen LogP contribution < -0.4 is 10.6 Å². The molecule has 0 amide bonds. The van der Waals surface area contributed by atoms with E-state index in [2.05, 4.69) is 60.9 Å². The maximum Gasteiger partial charge on any atom is 0.308 e. The molecule has 6 aromatic rings. The number of carbonyl (C=O) groups is 2. The highest BCUT2D eigenvalue weighted by molar-refractivity contribution is 5.89. The molecule has 60 heavy (non-hydrogen) atoms. The van der Waals surface area contributed by atoms with Gasteiger partial charge in [0, 0.05) is 12.1 Å². The second-order valence-corrected chi connectivity index (χ2v) is 16.2. The van der Waals surface area contributed by atoms with Crippen LogP contribution in [-0.2, 0) is 9.59 Å². The Balaban J connectivity index is 0.000000154. The van der Waals surface area contributed by atoms with Gasteiger partial charge in [0.2, 0.25) is 0 Å². The first kappa shape index (κ1) is 39.1. The number of fused-ring (bicyclic) bond motifs is 10. The Morgan fingerprint density at radius 1 is 0.567 bits per heavy atom. The van der Waals surface area contributed by atoms with Crippen LogP contribution in [0.15, 0.2) is 36.9 Å². The number of anilines is 2. The van der Waals surface area contributed by atoms with E-state index in [1.54, 1.807) is 0 Å². The molecule has 12 rings (SSSR count). The quantitative estimate of drug-likeness (QED) is 0.0870. The Morgan fingerprint density at radius 3 is 1.38 bits per heavy atom. The summed E-state index contributed by atoms with van der Waals surface area (Å²) >= 11 is 0. The molecular formula is C40H40F4N12O4. The van der Waals surface area contributed by atoms with Crippen molar-refractivity contribution in [1.29, 1.82) is 0 Å². The van der Waals surface area contributed by atoms with E-state index < -0.39 is 59.1 Å². The Bertz CT molecular complexity index is 2410. The van der Waals surface area contributed by atoms with Gasteiger partial charge in [-0.15, -0.1) is 0 Å². The minimum atomic E-state index is -0.861. The summed E-state index contributed by atoms with van der Waals surface area (Å²) in [5.41, 5.74) is 1.22. The minimum Gasteiger partial charge on any atom is -0.481 e. The zero-order valence-electron chi connectivity index (χ0n) is 32.0. The molecule has 312 valence electrons. The van der Waals surface area contributed by atoms with E-state index in [1.165, 1.54) is 12.1 Å². The number of nitrogens with zero attached hydrogens (tertiary/aromatic N) is 8. The van der Waals surface area contributed by atoms with Gasteiger partial charge in [-0.3, -0.25) is 19.8 Å². The SMILES string of the molecule is O=C(O)[C@@H]1C2CCCC(CC2)[C@H]1Nc1nc(-c2[nH]nc3ncc(F)cc23)ncc1F.O=C(O)[C@H]1C2CCCC(CC2)[C@@H]1Nc1nc(-c2[nH]nc3ncc(F)cc23)ncc1F. The number of rotatable bonds is 8. The second kappa shape index (κ2) is 16.0. The molecule has 6 aromatic heterocycles. The lowest BCUT2D eigenvalue weighted by Gasteiger charge is -2.38. The van der Waals surface area contributed by atoms with Gasteiger partial charge in [0.1, 0.15) is 23.0 Å². The maximum absolute atomic E-state index is 14.6. The predicted molar refractivity (Wildman–Crippen MR) is 207 cm³/mol. The number of aromatic amines is 2. The van der Waals surface area contributed by atoms with Crippen LogP contribution in [0.3, 0.4) is 0 Å². The third-order valence-corrected chi connectivity index (χ3v) is 12.8. The molecule has 0 aliphatic heterocycles. The molecule has 6 saturated carbocycles. The zero-order valence-corrected chi connectivity index (χ0v) is 32.0. The highest BCUT2D eigenvalue weighted by Crippen LogP contribution is 2.46. The monoisotopic (exact) mass is 828 g/mol. The number of H-pyrrole nitrogens is 2.